The molecule has 2 aliphatic rings. The van der Waals surface area contributed by atoms with E-state index in [9.17, 15) is 14.7 Å². The second kappa shape index (κ2) is 11.7. The van der Waals surface area contributed by atoms with Gasteiger partial charge in [-0.15, -0.1) is 0 Å². The number of rotatable bonds is 9. The highest BCUT2D eigenvalue weighted by Gasteiger charge is 2.47. The molecule has 0 radical (unpaired) electrons. The van der Waals surface area contributed by atoms with Crippen molar-refractivity contribution in [3.8, 4) is 17.2 Å². The number of amides is 1. The van der Waals surface area contributed by atoms with Crippen LogP contribution in [0, 0.1) is 6.92 Å². The summed E-state index contributed by atoms with van der Waals surface area (Å²) < 4.78 is 21.9. The van der Waals surface area contributed by atoms with Crippen molar-refractivity contribution in [2.24, 2.45) is 0 Å². The van der Waals surface area contributed by atoms with E-state index in [-0.39, 0.29) is 11.3 Å². The van der Waals surface area contributed by atoms with Crippen LogP contribution in [0.2, 0.25) is 0 Å². The van der Waals surface area contributed by atoms with Crippen molar-refractivity contribution >= 4 is 17.4 Å². The van der Waals surface area contributed by atoms with E-state index in [0.717, 1.165) is 19.6 Å². The summed E-state index contributed by atoms with van der Waals surface area (Å²) in [5.41, 5.74) is 1.77. The van der Waals surface area contributed by atoms with Crippen molar-refractivity contribution in [1.29, 1.82) is 0 Å². The molecule has 2 saturated heterocycles. The molecule has 2 aromatic rings. The van der Waals surface area contributed by atoms with Crippen LogP contribution in [-0.4, -0.2) is 87.3 Å². The molecule has 0 saturated carbocycles. The summed E-state index contributed by atoms with van der Waals surface area (Å²) in [6, 6.07) is 9.66. The fraction of sp³-hybridized carbons (Fsp3) is 0.429. The quantitative estimate of drug-likeness (QED) is 0.312. The summed E-state index contributed by atoms with van der Waals surface area (Å²) in [5.74, 6) is -0.0989. The molecule has 1 amide bonds. The van der Waals surface area contributed by atoms with Gasteiger partial charge in [-0.05, 0) is 43.2 Å². The number of aliphatic hydroxyl groups excluding tert-OH is 1. The molecule has 4 rings (SSSR count). The van der Waals surface area contributed by atoms with E-state index in [1.54, 1.807) is 43.5 Å². The third-order valence-corrected chi connectivity index (χ3v) is 6.93. The standard InChI is InChI=1S/C28H34N2O7/c1-18-17-19(34-2)9-10-20(18)25(31)23-24(21-7-5-8-22(35-3)27(21)36-4)30(28(33)26(23)32)12-6-11-29-13-15-37-16-14-29/h5,7-10,17,24,31H,6,11-16H2,1-4H3/b25-23+. The molecular weight excluding hydrogens is 476 g/mol. The maximum atomic E-state index is 13.4. The van der Waals surface area contributed by atoms with Crippen LogP contribution in [0.1, 0.15) is 29.2 Å². The SMILES string of the molecule is COc1ccc(/C(O)=C2\C(=O)C(=O)N(CCCN3CCOCC3)C2c2cccc(OC)c2OC)c(C)c1. The van der Waals surface area contributed by atoms with Crippen LogP contribution in [-0.2, 0) is 14.3 Å². The van der Waals surface area contributed by atoms with Gasteiger partial charge < -0.3 is 29.0 Å². The second-order valence-electron chi connectivity index (χ2n) is 9.06. The normalized spacial score (nSPS) is 19.8. The number of methoxy groups -OCH3 is 3. The molecule has 2 aromatic carbocycles. The summed E-state index contributed by atoms with van der Waals surface area (Å²) in [7, 11) is 4.60. The predicted molar refractivity (Wildman–Crippen MR) is 138 cm³/mol. The number of carbonyl (C=O) groups is 2. The number of aryl methyl sites for hydroxylation is 1. The highest BCUT2D eigenvalue weighted by Crippen LogP contribution is 2.45. The lowest BCUT2D eigenvalue weighted by molar-refractivity contribution is -0.140. The monoisotopic (exact) mass is 510 g/mol. The minimum Gasteiger partial charge on any atom is -0.507 e. The maximum Gasteiger partial charge on any atom is 0.295 e. The van der Waals surface area contributed by atoms with Gasteiger partial charge in [0.05, 0.1) is 46.2 Å². The number of para-hydroxylation sites is 1. The van der Waals surface area contributed by atoms with Gasteiger partial charge in [-0.1, -0.05) is 12.1 Å². The van der Waals surface area contributed by atoms with Gasteiger partial charge in [0, 0.05) is 37.3 Å². The van der Waals surface area contributed by atoms with Crippen LogP contribution in [0.3, 0.4) is 0 Å². The zero-order valence-corrected chi connectivity index (χ0v) is 21.8. The highest BCUT2D eigenvalue weighted by atomic mass is 16.5. The smallest absolute Gasteiger partial charge is 0.295 e. The Bertz CT molecular complexity index is 1190. The van der Waals surface area contributed by atoms with Crippen molar-refractivity contribution in [1.82, 2.24) is 9.80 Å². The first-order valence-electron chi connectivity index (χ1n) is 12.4. The van der Waals surface area contributed by atoms with E-state index in [1.807, 2.05) is 6.92 Å². The van der Waals surface area contributed by atoms with Crippen LogP contribution in [0.15, 0.2) is 42.0 Å². The Morgan fingerprint density at radius 3 is 2.43 bits per heavy atom. The fourth-order valence-electron chi connectivity index (χ4n) is 5.02. The Balaban J connectivity index is 1.78. The topological polar surface area (TPSA) is 97.8 Å². The minimum absolute atomic E-state index is 0.0243. The number of ether oxygens (including phenoxy) is 4. The first-order chi connectivity index (χ1) is 17.9. The van der Waals surface area contributed by atoms with Gasteiger partial charge in [-0.3, -0.25) is 14.5 Å². The Labute approximate surface area is 217 Å². The number of Topliss-reactive ketones (excluding diaryl/α,β-unsaturated/α-hetero) is 1. The Morgan fingerprint density at radius 2 is 1.78 bits per heavy atom. The van der Waals surface area contributed by atoms with Crippen LogP contribution in [0.5, 0.6) is 17.2 Å². The zero-order chi connectivity index (χ0) is 26.5. The van der Waals surface area contributed by atoms with Gasteiger partial charge in [-0.25, -0.2) is 0 Å². The molecule has 0 aliphatic carbocycles. The summed E-state index contributed by atoms with van der Waals surface area (Å²) in [4.78, 5) is 30.6. The molecule has 2 heterocycles. The van der Waals surface area contributed by atoms with Crippen LogP contribution < -0.4 is 14.2 Å². The Morgan fingerprint density at radius 1 is 1.03 bits per heavy atom. The van der Waals surface area contributed by atoms with Crippen molar-refractivity contribution in [3.05, 3.63) is 58.7 Å². The molecule has 0 bridgehead atoms. The van der Waals surface area contributed by atoms with Gasteiger partial charge in [0.2, 0.25) is 0 Å². The van der Waals surface area contributed by atoms with Crippen LogP contribution >= 0.6 is 0 Å². The van der Waals surface area contributed by atoms with E-state index >= 15 is 0 Å². The lowest BCUT2D eigenvalue weighted by Gasteiger charge is -2.30. The van der Waals surface area contributed by atoms with E-state index in [0.29, 0.717) is 60.1 Å². The van der Waals surface area contributed by atoms with Crippen molar-refractivity contribution < 1.29 is 33.6 Å². The van der Waals surface area contributed by atoms with Crippen molar-refractivity contribution in [2.75, 3.05) is 60.7 Å². The second-order valence-corrected chi connectivity index (χ2v) is 9.06. The third kappa shape index (κ3) is 5.28. The van der Waals surface area contributed by atoms with Gasteiger partial charge >= 0.3 is 0 Å². The number of aliphatic hydroxyl groups is 1. The fourth-order valence-corrected chi connectivity index (χ4v) is 5.02. The molecule has 9 nitrogen and oxygen atoms in total. The number of hydrogen-bond acceptors (Lipinski definition) is 8. The zero-order valence-electron chi connectivity index (χ0n) is 21.8. The van der Waals surface area contributed by atoms with Crippen molar-refractivity contribution in [3.63, 3.8) is 0 Å². The Hall–Kier alpha value is -3.56. The first kappa shape index (κ1) is 26.5. The summed E-state index contributed by atoms with van der Waals surface area (Å²) >= 11 is 0. The number of benzene rings is 2. The number of ketones is 1. The van der Waals surface area contributed by atoms with E-state index in [2.05, 4.69) is 4.90 Å². The lowest BCUT2D eigenvalue weighted by atomic mass is 9.93. The molecule has 1 atom stereocenters. The van der Waals surface area contributed by atoms with E-state index in [1.165, 1.54) is 19.1 Å². The van der Waals surface area contributed by atoms with E-state index < -0.39 is 17.7 Å². The number of nitrogens with zero attached hydrogens (tertiary/aromatic N) is 2. The van der Waals surface area contributed by atoms with Gasteiger partial charge in [0.1, 0.15) is 11.5 Å². The Kier molecular flexibility index (Phi) is 8.35. The molecule has 1 unspecified atom stereocenters. The maximum absolute atomic E-state index is 13.4. The van der Waals surface area contributed by atoms with Crippen LogP contribution in [0.25, 0.3) is 5.76 Å². The molecule has 9 heteroatoms. The predicted octanol–water partition coefficient (Wildman–Crippen LogP) is 3.16. The molecule has 2 fully saturated rings. The highest BCUT2D eigenvalue weighted by molar-refractivity contribution is 6.46. The first-order valence-corrected chi connectivity index (χ1v) is 12.4. The van der Waals surface area contributed by atoms with Gasteiger partial charge in [0.15, 0.2) is 11.5 Å². The minimum atomic E-state index is -0.837. The average Bonchev–Trinajstić information content (AvgIpc) is 3.17. The number of hydrogen-bond donors (Lipinski definition) is 1. The molecule has 1 N–H and O–H groups in total. The van der Waals surface area contributed by atoms with Gasteiger partial charge in [0.25, 0.3) is 11.7 Å². The van der Waals surface area contributed by atoms with Crippen molar-refractivity contribution in [2.45, 2.75) is 19.4 Å². The molecule has 2 aliphatic heterocycles. The van der Waals surface area contributed by atoms with Crippen LogP contribution in [0.4, 0.5) is 0 Å². The van der Waals surface area contributed by atoms with Gasteiger partial charge in [-0.2, -0.15) is 0 Å². The molecular formula is C28H34N2O7. The molecule has 0 aromatic heterocycles. The summed E-state index contributed by atoms with van der Waals surface area (Å²) in [5, 5.41) is 11.5. The number of likely N-dealkylation sites (tertiary alicyclic amines) is 1. The third-order valence-electron chi connectivity index (χ3n) is 6.93. The number of carbonyl (C=O) groups excluding carboxylic acids is 2. The molecule has 37 heavy (non-hydrogen) atoms. The largest absolute Gasteiger partial charge is 0.507 e. The average molecular weight is 511 g/mol. The number of morpholine rings is 1. The molecule has 198 valence electrons. The summed E-state index contributed by atoms with van der Waals surface area (Å²) in [6.07, 6.45) is 0.664. The van der Waals surface area contributed by atoms with E-state index in [4.69, 9.17) is 18.9 Å². The molecule has 0 spiro atoms. The lowest BCUT2D eigenvalue weighted by Crippen LogP contribution is -2.39. The summed E-state index contributed by atoms with van der Waals surface area (Å²) in [6.45, 7) is 5.97.